The Kier molecular flexibility index (Phi) is 6.73. The molecule has 7 aliphatic rings. The van der Waals surface area contributed by atoms with Crippen LogP contribution in [0.4, 0.5) is 0 Å². The van der Waals surface area contributed by atoms with E-state index in [0.29, 0.717) is 25.4 Å². The molecule has 0 radical (unpaired) electrons. The molecule has 3 heterocycles. The Bertz CT molecular complexity index is 1100. The Morgan fingerprint density at radius 2 is 1.83 bits per heavy atom. The third kappa shape index (κ3) is 3.80. The summed E-state index contributed by atoms with van der Waals surface area (Å²) < 4.78 is 25.1. The van der Waals surface area contributed by atoms with Crippen molar-refractivity contribution in [2.24, 2.45) is 34.5 Å². The van der Waals surface area contributed by atoms with Crippen molar-refractivity contribution < 1.29 is 44.5 Å². The van der Waals surface area contributed by atoms with E-state index in [4.69, 9.17) is 18.9 Å². The van der Waals surface area contributed by atoms with Crippen molar-refractivity contribution in [3.63, 3.8) is 0 Å². The first-order valence-corrected chi connectivity index (χ1v) is 15.7. The van der Waals surface area contributed by atoms with Crippen molar-refractivity contribution in [1.29, 1.82) is 0 Å². The van der Waals surface area contributed by atoms with Gasteiger partial charge in [0.2, 0.25) is 0 Å². The van der Waals surface area contributed by atoms with Crippen LogP contribution in [0.2, 0.25) is 0 Å². The minimum atomic E-state index is -1.38. The van der Waals surface area contributed by atoms with Gasteiger partial charge in [0.1, 0.15) is 23.9 Å². The molecule has 0 aromatic rings. The van der Waals surface area contributed by atoms with Crippen LogP contribution < -0.4 is 0 Å². The molecule has 230 valence electrons. The van der Waals surface area contributed by atoms with Crippen LogP contribution in [0.15, 0.2) is 23.8 Å². The van der Waals surface area contributed by atoms with Gasteiger partial charge in [0, 0.05) is 29.6 Å². The highest BCUT2D eigenvalue weighted by molar-refractivity contribution is 5.30. The lowest BCUT2D eigenvalue weighted by Crippen LogP contribution is -2.62. The molecule has 6 fully saturated rings. The molecule has 1 spiro atoms. The largest absolute Gasteiger partial charge is 0.393 e. The fourth-order valence-electron chi connectivity index (χ4n) is 10.7. The Hall–Kier alpha value is -0.880. The van der Waals surface area contributed by atoms with E-state index in [1.807, 2.05) is 0 Å². The van der Waals surface area contributed by atoms with Crippen LogP contribution in [0, 0.1) is 34.5 Å². The highest BCUT2D eigenvalue weighted by Gasteiger charge is 2.76. The van der Waals surface area contributed by atoms with Gasteiger partial charge in [0.05, 0.1) is 31.5 Å². The van der Waals surface area contributed by atoms with E-state index in [9.17, 15) is 25.5 Å². The number of allylic oxidation sites excluding steroid dienone is 1. The highest BCUT2D eigenvalue weighted by atomic mass is 16.7. The molecule has 7 rings (SSSR count). The number of hydrogen-bond donors (Lipinski definition) is 5. The maximum atomic E-state index is 12.6. The maximum Gasteiger partial charge on any atom is 0.186 e. The zero-order chi connectivity index (χ0) is 29.1. The molecule has 0 aromatic carbocycles. The monoisotopic (exact) mass is 576 g/mol. The fraction of sp³-hybridized carbons (Fsp3) is 0.875. The zero-order valence-electron chi connectivity index (χ0n) is 24.6. The van der Waals surface area contributed by atoms with Crippen LogP contribution in [0.5, 0.6) is 0 Å². The van der Waals surface area contributed by atoms with E-state index >= 15 is 0 Å². The Labute approximate surface area is 242 Å². The lowest BCUT2D eigenvalue weighted by Gasteiger charge is -2.61. The van der Waals surface area contributed by atoms with Crippen molar-refractivity contribution in [2.75, 3.05) is 13.2 Å². The topological polar surface area (TPSA) is 138 Å². The first kappa shape index (κ1) is 28.9. The molecule has 0 bridgehead atoms. The van der Waals surface area contributed by atoms with Gasteiger partial charge in [-0.2, -0.15) is 0 Å². The van der Waals surface area contributed by atoms with Gasteiger partial charge in [-0.05, 0) is 56.3 Å². The number of aliphatic hydroxyl groups excluding tert-OH is 4. The molecule has 3 aliphatic heterocycles. The van der Waals surface area contributed by atoms with E-state index in [1.54, 1.807) is 0 Å². The zero-order valence-corrected chi connectivity index (χ0v) is 24.6. The van der Waals surface area contributed by atoms with Gasteiger partial charge in [-0.1, -0.05) is 44.6 Å². The van der Waals surface area contributed by atoms with Crippen LogP contribution in [0.3, 0.4) is 0 Å². The van der Waals surface area contributed by atoms with Crippen LogP contribution in [0.25, 0.3) is 0 Å². The predicted octanol–water partition coefficient (Wildman–Crippen LogP) is 2.18. The van der Waals surface area contributed by atoms with Crippen molar-refractivity contribution in [3.8, 4) is 0 Å². The molecule has 5 N–H and O–H groups in total. The molecule has 11 unspecified atom stereocenters. The van der Waals surface area contributed by atoms with Crippen LogP contribution >= 0.6 is 0 Å². The van der Waals surface area contributed by atoms with Gasteiger partial charge >= 0.3 is 0 Å². The van der Waals surface area contributed by atoms with E-state index in [0.717, 1.165) is 44.1 Å². The van der Waals surface area contributed by atoms with Gasteiger partial charge < -0.3 is 44.5 Å². The Balaban J connectivity index is 1.17. The van der Waals surface area contributed by atoms with E-state index in [2.05, 4.69) is 33.4 Å². The molecule has 3 saturated carbocycles. The van der Waals surface area contributed by atoms with Crippen molar-refractivity contribution in [1.82, 2.24) is 0 Å². The molecule has 3 saturated heterocycles. The Morgan fingerprint density at radius 1 is 1.05 bits per heavy atom. The average molecular weight is 577 g/mol. The number of hydrogen-bond acceptors (Lipinski definition) is 9. The lowest BCUT2D eigenvalue weighted by atomic mass is 9.45. The summed E-state index contributed by atoms with van der Waals surface area (Å²) >= 11 is 0. The van der Waals surface area contributed by atoms with Crippen LogP contribution in [-0.2, 0) is 18.9 Å². The second-order valence-corrected chi connectivity index (χ2v) is 14.8. The minimum absolute atomic E-state index is 0.123. The molecule has 15 atom stereocenters. The Morgan fingerprint density at radius 3 is 2.56 bits per heavy atom. The second-order valence-electron chi connectivity index (χ2n) is 14.8. The molecule has 0 aromatic heterocycles. The number of ether oxygens (including phenoxy) is 4. The molecule has 4 aliphatic carbocycles. The van der Waals surface area contributed by atoms with Gasteiger partial charge in [-0.25, -0.2) is 0 Å². The normalized spacial score (nSPS) is 58.4. The van der Waals surface area contributed by atoms with Crippen molar-refractivity contribution in [3.05, 3.63) is 23.8 Å². The fourth-order valence-corrected chi connectivity index (χ4v) is 10.7. The molecule has 9 nitrogen and oxygen atoms in total. The summed E-state index contributed by atoms with van der Waals surface area (Å²) in [5.41, 5.74) is 0.558. The molecule has 9 heteroatoms. The van der Waals surface area contributed by atoms with Gasteiger partial charge in [0.15, 0.2) is 12.1 Å². The molecule has 0 amide bonds. The SMILES string of the molecule is C=C1CCC2(OC1)OC1CC3C4CC=C5CC(O)CC(O[C@@H]6OC[C@@H](O)[C@H](O)[C@H]6O)C5(C)C4CCC3(C)C1(O)C2C. The summed E-state index contributed by atoms with van der Waals surface area (Å²) in [6.07, 6.45) is 2.05. The summed E-state index contributed by atoms with van der Waals surface area (Å²) in [7, 11) is 0. The lowest BCUT2D eigenvalue weighted by molar-refractivity contribution is -0.300. The smallest absolute Gasteiger partial charge is 0.186 e. The van der Waals surface area contributed by atoms with Crippen LogP contribution in [0.1, 0.15) is 72.1 Å². The molecular formula is C32H48O9. The summed E-state index contributed by atoms with van der Waals surface area (Å²) in [4.78, 5) is 0. The first-order chi connectivity index (χ1) is 19.3. The number of rotatable bonds is 2. The summed E-state index contributed by atoms with van der Waals surface area (Å²) in [6, 6.07) is 0. The quantitative estimate of drug-likeness (QED) is 0.313. The van der Waals surface area contributed by atoms with E-state index in [-0.39, 0.29) is 35.9 Å². The van der Waals surface area contributed by atoms with Crippen LogP contribution in [-0.4, -0.2) is 93.0 Å². The van der Waals surface area contributed by atoms with E-state index in [1.165, 1.54) is 5.57 Å². The summed E-state index contributed by atoms with van der Waals surface area (Å²) in [5, 5.41) is 54.3. The molecular weight excluding hydrogens is 528 g/mol. The van der Waals surface area contributed by atoms with Crippen molar-refractivity contribution >= 4 is 0 Å². The maximum absolute atomic E-state index is 12.6. The summed E-state index contributed by atoms with van der Waals surface area (Å²) in [6.45, 7) is 11.1. The third-order valence-corrected chi connectivity index (χ3v) is 13.2. The first-order valence-electron chi connectivity index (χ1n) is 15.7. The minimum Gasteiger partial charge on any atom is -0.393 e. The van der Waals surface area contributed by atoms with E-state index < -0.39 is 53.6 Å². The second kappa shape index (κ2) is 9.56. The summed E-state index contributed by atoms with van der Waals surface area (Å²) in [5.74, 6) is -0.0889. The highest BCUT2D eigenvalue weighted by Crippen LogP contribution is 2.72. The van der Waals surface area contributed by atoms with Gasteiger partial charge in [-0.3, -0.25) is 0 Å². The van der Waals surface area contributed by atoms with Crippen molar-refractivity contribution in [2.45, 2.75) is 126 Å². The number of fused-ring (bicyclic) bond motifs is 7. The number of aliphatic hydroxyl groups is 5. The van der Waals surface area contributed by atoms with Gasteiger partial charge in [0.25, 0.3) is 0 Å². The predicted molar refractivity (Wildman–Crippen MR) is 147 cm³/mol. The standard InChI is InChI=1S/C32H48O9/c1-16-7-10-31(39-14-16)17(2)32(37)25(41-31)13-22-20-6-5-18-11-19(33)12-24(30(18,4)21(20)8-9-29(22,32)3)40-28-27(36)26(35)23(34)15-38-28/h5,17,19-28,33-37H,1,6-15H2,2-4H3/t17?,19?,20?,21?,22?,23-,24?,25?,26+,27-,28+,29?,30?,31?,32?/m1/s1. The third-order valence-electron chi connectivity index (χ3n) is 13.2. The van der Waals surface area contributed by atoms with Gasteiger partial charge in [-0.15, -0.1) is 0 Å². The molecule has 41 heavy (non-hydrogen) atoms. The average Bonchev–Trinajstić information content (AvgIpc) is 3.29.